The number of alkyl halides is 6. The van der Waals surface area contributed by atoms with Crippen molar-refractivity contribution >= 4 is 11.6 Å². The summed E-state index contributed by atoms with van der Waals surface area (Å²) in [5, 5.41) is 6.71. The van der Waals surface area contributed by atoms with Crippen LogP contribution in [0.1, 0.15) is 45.7 Å². The lowest BCUT2D eigenvalue weighted by Crippen LogP contribution is -2.19. The van der Waals surface area contributed by atoms with E-state index in [9.17, 15) is 31.1 Å². The number of hydrogen-bond donors (Lipinski definition) is 1. The summed E-state index contributed by atoms with van der Waals surface area (Å²) < 4.78 is 86.4. The highest BCUT2D eigenvalue weighted by atomic mass is 19.4. The van der Waals surface area contributed by atoms with Gasteiger partial charge in [-0.3, -0.25) is 14.5 Å². The lowest BCUT2D eigenvalue weighted by atomic mass is 9.98. The van der Waals surface area contributed by atoms with Crippen LogP contribution < -0.4 is 5.32 Å². The largest absolute Gasteiger partial charge is 0.464 e. The number of hydrogen-bond acceptors (Lipinski definition) is 4. The Bertz CT molecular complexity index is 1390. The first-order chi connectivity index (χ1) is 16.9. The summed E-state index contributed by atoms with van der Waals surface area (Å²) in [5.41, 5.74) is -1.92. The van der Waals surface area contributed by atoms with E-state index < -0.39 is 41.0 Å². The number of nitrogens with one attached hydrogen (secondary N) is 1. The predicted octanol–water partition coefficient (Wildman–Crippen LogP) is 6.75. The zero-order valence-corrected chi connectivity index (χ0v) is 18.8. The number of aromatic nitrogens is 3. The van der Waals surface area contributed by atoms with Gasteiger partial charge in [-0.15, -0.1) is 0 Å². The lowest BCUT2D eigenvalue weighted by molar-refractivity contribution is -0.143. The molecule has 0 saturated heterocycles. The minimum Gasteiger partial charge on any atom is -0.464 e. The van der Waals surface area contributed by atoms with Crippen LogP contribution in [0.15, 0.2) is 65.7 Å². The lowest BCUT2D eigenvalue weighted by Gasteiger charge is -2.21. The molecule has 0 spiro atoms. The Kier molecular flexibility index (Phi) is 6.37. The van der Waals surface area contributed by atoms with Crippen LogP contribution in [0, 0.1) is 6.92 Å². The highest BCUT2D eigenvalue weighted by molar-refractivity contribution is 6.04. The van der Waals surface area contributed by atoms with Gasteiger partial charge in [0, 0.05) is 18.0 Å². The first kappa shape index (κ1) is 25.0. The molecular weight excluding hydrogens is 490 g/mol. The first-order valence-corrected chi connectivity index (χ1v) is 10.5. The maximum Gasteiger partial charge on any atom is 0.416 e. The Morgan fingerprint density at radius 2 is 1.78 bits per heavy atom. The quantitative estimate of drug-likeness (QED) is 0.303. The van der Waals surface area contributed by atoms with Gasteiger partial charge in [0.25, 0.3) is 5.91 Å². The molecule has 6 nitrogen and oxygen atoms in total. The number of halogens is 6. The number of amides is 1. The molecule has 0 aliphatic carbocycles. The highest BCUT2D eigenvalue weighted by Crippen LogP contribution is 2.40. The van der Waals surface area contributed by atoms with Crippen LogP contribution in [-0.4, -0.2) is 20.7 Å². The molecule has 0 radical (unpaired) electrons. The molecule has 1 atom stereocenters. The van der Waals surface area contributed by atoms with Crippen LogP contribution in [0.3, 0.4) is 0 Å². The number of carbonyl (C=O) groups is 1. The third kappa shape index (κ3) is 4.97. The molecule has 188 valence electrons. The van der Waals surface area contributed by atoms with Gasteiger partial charge in [-0.05, 0) is 49.7 Å². The van der Waals surface area contributed by atoms with E-state index in [4.69, 9.17) is 4.42 Å². The van der Waals surface area contributed by atoms with Crippen molar-refractivity contribution in [3.8, 4) is 11.3 Å². The van der Waals surface area contributed by atoms with Crippen molar-refractivity contribution in [3.05, 3.63) is 89.2 Å². The summed E-state index contributed by atoms with van der Waals surface area (Å²) in [6.07, 6.45) is -4.36. The standard InChI is InChI=1S/C24H18F6N4O2/c1-13(18-6-5-17(23(25,26)27)9-19(18)24(28,29)30)34-14(2)20(12-32-34)33-22(35)16-8-15(10-31-11-16)21-4-3-7-36-21/h3-13H,1-2H3,(H,33,35). The number of furan rings is 1. The molecule has 0 saturated carbocycles. The molecule has 4 aromatic rings. The molecule has 0 aliphatic rings. The van der Waals surface area contributed by atoms with Gasteiger partial charge >= 0.3 is 12.4 Å². The topological polar surface area (TPSA) is 73.0 Å². The summed E-state index contributed by atoms with van der Waals surface area (Å²) >= 11 is 0. The number of nitrogens with zero attached hydrogens (tertiary/aromatic N) is 3. The Morgan fingerprint density at radius 1 is 1.03 bits per heavy atom. The van der Waals surface area contributed by atoms with Crippen molar-refractivity contribution in [2.75, 3.05) is 5.32 Å². The monoisotopic (exact) mass is 508 g/mol. The van der Waals surface area contributed by atoms with Crippen LogP contribution >= 0.6 is 0 Å². The maximum absolute atomic E-state index is 13.6. The average Bonchev–Trinajstić information content (AvgIpc) is 3.48. The second-order valence-corrected chi connectivity index (χ2v) is 7.96. The molecule has 1 N–H and O–H groups in total. The molecule has 1 amide bonds. The molecule has 36 heavy (non-hydrogen) atoms. The minimum absolute atomic E-state index is 0.0896. The molecule has 4 rings (SSSR count). The molecule has 3 heterocycles. The van der Waals surface area contributed by atoms with E-state index in [2.05, 4.69) is 15.4 Å². The van der Waals surface area contributed by atoms with Crippen LogP contribution in [0.5, 0.6) is 0 Å². The van der Waals surface area contributed by atoms with Gasteiger partial charge in [0.05, 0.1) is 46.6 Å². The number of anilines is 1. The van der Waals surface area contributed by atoms with E-state index in [0.29, 0.717) is 23.1 Å². The molecule has 0 aliphatic heterocycles. The molecule has 1 aromatic carbocycles. The fourth-order valence-electron chi connectivity index (χ4n) is 3.75. The Hall–Kier alpha value is -4.09. The first-order valence-electron chi connectivity index (χ1n) is 10.5. The smallest absolute Gasteiger partial charge is 0.416 e. The van der Waals surface area contributed by atoms with Gasteiger partial charge in [0.15, 0.2) is 0 Å². The summed E-state index contributed by atoms with van der Waals surface area (Å²) in [5.74, 6) is -0.0382. The van der Waals surface area contributed by atoms with E-state index in [1.54, 1.807) is 18.2 Å². The normalized spacial score (nSPS) is 13.0. The van der Waals surface area contributed by atoms with Gasteiger partial charge in [-0.25, -0.2) is 0 Å². The van der Waals surface area contributed by atoms with Crippen molar-refractivity contribution < 1.29 is 35.6 Å². The summed E-state index contributed by atoms with van der Waals surface area (Å²) in [6.45, 7) is 2.90. The van der Waals surface area contributed by atoms with Crippen molar-refractivity contribution in [1.29, 1.82) is 0 Å². The minimum atomic E-state index is -5.02. The zero-order chi connectivity index (χ0) is 26.3. The van der Waals surface area contributed by atoms with Crippen molar-refractivity contribution in [1.82, 2.24) is 14.8 Å². The van der Waals surface area contributed by atoms with Crippen LogP contribution in [0.2, 0.25) is 0 Å². The van der Waals surface area contributed by atoms with E-state index in [1.165, 1.54) is 43.4 Å². The zero-order valence-electron chi connectivity index (χ0n) is 18.8. The predicted molar refractivity (Wildman–Crippen MR) is 117 cm³/mol. The number of carbonyl (C=O) groups excluding carboxylic acids is 1. The maximum atomic E-state index is 13.6. The third-order valence-electron chi connectivity index (χ3n) is 5.60. The van der Waals surface area contributed by atoms with Gasteiger partial charge in [-0.2, -0.15) is 31.4 Å². The van der Waals surface area contributed by atoms with E-state index >= 15 is 0 Å². The van der Waals surface area contributed by atoms with Gasteiger partial charge in [0.2, 0.25) is 0 Å². The molecular formula is C24H18F6N4O2. The number of benzene rings is 1. The van der Waals surface area contributed by atoms with Crippen molar-refractivity contribution in [2.45, 2.75) is 32.2 Å². The Morgan fingerprint density at radius 3 is 2.42 bits per heavy atom. The van der Waals surface area contributed by atoms with Crippen LogP contribution in [0.25, 0.3) is 11.3 Å². The van der Waals surface area contributed by atoms with Gasteiger partial charge in [-0.1, -0.05) is 6.07 Å². The van der Waals surface area contributed by atoms with Gasteiger partial charge < -0.3 is 9.73 Å². The molecule has 1 unspecified atom stereocenters. The second-order valence-electron chi connectivity index (χ2n) is 7.96. The third-order valence-corrected chi connectivity index (χ3v) is 5.60. The van der Waals surface area contributed by atoms with Crippen LogP contribution in [-0.2, 0) is 12.4 Å². The summed E-state index contributed by atoms with van der Waals surface area (Å²) in [4.78, 5) is 16.8. The van der Waals surface area contributed by atoms with E-state index in [-0.39, 0.29) is 17.3 Å². The number of rotatable bonds is 5. The van der Waals surface area contributed by atoms with Crippen molar-refractivity contribution in [3.63, 3.8) is 0 Å². The fraction of sp³-hybridized carbons (Fsp3) is 0.208. The molecule has 0 bridgehead atoms. The molecule has 3 aromatic heterocycles. The Balaban J connectivity index is 1.61. The molecule has 0 fully saturated rings. The fourth-order valence-corrected chi connectivity index (χ4v) is 3.75. The van der Waals surface area contributed by atoms with E-state index in [0.717, 1.165) is 6.07 Å². The SMILES string of the molecule is Cc1c(NC(=O)c2cncc(-c3ccco3)c2)cnn1C(C)c1ccc(C(F)(F)F)cc1C(F)(F)F. The number of pyridine rings is 1. The Labute approximate surface area is 200 Å². The summed E-state index contributed by atoms with van der Waals surface area (Å²) in [6, 6.07) is 5.34. The average molecular weight is 508 g/mol. The highest BCUT2D eigenvalue weighted by Gasteiger charge is 2.39. The molecule has 12 heteroatoms. The van der Waals surface area contributed by atoms with Crippen molar-refractivity contribution in [2.24, 2.45) is 0 Å². The summed E-state index contributed by atoms with van der Waals surface area (Å²) in [7, 11) is 0. The van der Waals surface area contributed by atoms with E-state index in [1.807, 2.05) is 0 Å². The second kappa shape index (κ2) is 9.17. The van der Waals surface area contributed by atoms with Gasteiger partial charge in [0.1, 0.15) is 5.76 Å². The van der Waals surface area contributed by atoms with Crippen LogP contribution in [0.4, 0.5) is 32.0 Å².